The van der Waals surface area contributed by atoms with Gasteiger partial charge in [0.2, 0.25) is 5.95 Å². The fourth-order valence-electron chi connectivity index (χ4n) is 4.84. The number of nitrogens with zero attached hydrogens (tertiary/aromatic N) is 7. The lowest BCUT2D eigenvalue weighted by atomic mass is 10.0. The topological polar surface area (TPSA) is 79.6 Å². The minimum atomic E-state index is -0.431. The van der Waals surface area contributed by atoms with Crippen LogP contribution in [0.4, 0.5) is 16.0 Å². The Hall–Kier alpha value is -3.37. The molecule has 2 fully saturated rings. The van der Waals surface area contributed by atoms with Crippen LogP contribution in [0.15, 0.2) is 36.7 Å². The highest BCUT2D eigenvalue weighted by Crippen LogP contribution is 2.33. The summed E-state index contributed by atoms with van der Waals surface area (Å²) in [5.74, 6) is 0.359. The smallest absolute Gasteiger partial charge is 0.225 e. The van der Waals surface area contributed by atoms with Gasteiger partial charge in [-0.05, 0) is 38.1 Å². The summed E-state index contributed by atoms with van der Waals surface area (Å²) >= 11 is 0. The first-order chi connectivity index (χ1) is 17.0. The van der Waals surface area contributed by atoms with Gasteiger partial charge in [0, 0.05) is 74.2 Å². The van der Waals surface area contributed by atoms with Crippen LogP contribution in [0.2, 0.25) is 0 Å². The van der Waals surface area contributed by atoms with E-state index in [1.165, 1.54) is 6.07 Å². The second kappa shape index (κ2) is 10.1. The van der Waals surface area contributed by atoms with Gasteiger partial charge in [0.25, 0.3) is 0 Å². The number of piperazine rings is 1. The first-order valence-corrected chi connectivity index (χ1v) is 11.9. The van der Waals surface area contributed by atoms with Crippen LogP contribution in [0.3, 0.4) is 0 Å². The highest BCUT2D eigenvalue weighted by molar-refractivity contribution is 5.78. The van der Waals surface area contributed by atoms with Gasteiger partial charge in [0.05, 0.1) is 18.9 Å². The largest absolute Gasteiger partial charge is 0.378 e. The summed E-state index contributed by atoms with van der Waals surface area (Å²) in [5, 5.41) is 4.50. The second-order valence-electron chi connectivity index (χ2n) is 8.98. The molecule has 1 unspecified atom stereocenters. The number of hydrogen-bond acceptors (Lipinski definition) is 8. The minimum absolute atomic E-state index is 0.301. The van der Waals surface area contributed by atoms with Crippen molar-refractivity contribution in [3.63, 3.8) is 0 Å². The summed E-state index contributed by atoms with van der Waals surface area (Å²) in [4.78, 5) is 27.5. The molecule has 1 atom stereocenters. The Bertz CT molecular complexity index is 1170. The van der Waals surface area contributed by atoms with Crippen LogP contribution in [0.25, 0.3) is 11.1 Å². The van der Waals surface area contributed by atoms with E-state index < -0.39 is 6.17 Å². The van der Waals surface area contributed by atoms with Crippen molar-refractivity contribution in [3.8, 4) is 11.1 Å². The third-order valence-corrected chi connectivity index (χ3v) is 6.65. The number of benzene rings is 1. The number of hydrogen-bond donors (Lipinski definition) is 0. The molecule has 3 aromatic rings. The highest BCUT2D eigenvalue weighted by atomic mass is 19.1. The number of aromatic nitrogens is 4. The van der Waals surface area contributed by atoms with E-state index in [-0.39, 0.29) is 5.82 Å². The maximum absolute atomic E-state index is 14.3. The zero-order chi connectivity index (χ0) is 24.4. The molecule has 2 aliphatic rings. The van der Waals surface area contributed by atoms with Crippen LogP contribution >= 0.6 is 0 Å². The number of rotatable bonds is 6. The highest BCUT2D eigenvalue weighted by Gasteiger charge is 2.27. The van der Waals surface area contributed by atoms with Crippen LogP contribution in [0.5, 0.6) is 0 Å². The number of carbonyl (C=O) groups excluding carboxylic acids is 1. The van der Waals surface area contributed by atoms with Gasteiger partial charge in [-0.2, -0.15) is 5.10 Å². The molecule has 2 saturated heterocycles. The molecule has 184 valence electrons. The molecule has 0 amide bonds. The first kappa shape index (κ1) is 23.4. The molecule has 0 aliphatic carbocycles. The van der Waals surface area contributed by atoms with Gasteiger partial charge >= 0.3 is 0 Å². The number of ether oxygens (including phenoxy) is 1. The summed E-state index contributed by atoms with van der Waals surface area (Å²) in [6.45, 7) is 9.51. The standard InChI is InChI=1S/C25H30FN7O2/c1-18-13-19(2)33(29-18)24(17-34)31-7-5-30(6-8-31)23-4-3-21(26)14-22(23)20-15-27-25(28-16-20)32-9-11-35-12-10-32/h3-4,13-17,24H,5-12H2,1-2H3. The fourth-order valence-corrected chi connectivity index (χ4v) is 4.84. The van der Waals surface area contributed by atoms with Crippen molar-refractivity contribution in [2.24, 2.45) is 0 Å². The third kappa shape index (κ3) is 4.89. The summed E-state index contributed by atoms with van der Waals surface area (Å²) in [6, 6.07) is 6.82. The van der Waals surface area contributed by atoms with Crippen molar-refractivity contribution in [2.75, 3.05) is 62.3 Å². The molecule has 10 heteroatoms. The molecule has 0 radical (unpaired) electrons. The van der Waals surface area contributed by atoms with E-state index in [1.807, 2.05) is 26.0 Å². The Kier molecular flexibility index (Phi) is 6.74. The Balaban J connectivity index is 1.33. The zero-order valence-corrected chi connectivity index (χ0v) is 20.1. The maximum atomic E-state index is 14.3. The van der Waals surface area contributed by atoms with Crippen molar-refractivity contribution in [1.29, 1.82) is 0 Å². The molecule has 0 bridgehead atoms. The lowest BCUT2D eigenvalue weighted by Gasteiger charge is -2.39. The summed E-state index contributed by atoms with van der Waals surface area (Å²) < 4.78 is 21.5. The number of anilines is 2. The zero-order valence-electron chi connectivity index (χ0n) is 20.1. The van der Waals surface area contributed by atoms with E-state index in [4.69, 9.17) is 4.74 Å². The average molecular weight is 480 g/mol. The lowest BCUT2D eigenvalue weighted by Crippen LogP contribution is -2.49. The summed E-state index contributed by atoms with van der Waals surface area (Å²) in [5.41, 5.74) is 4.32. The average Bonchev–Trinajstić information content (AvgIpc) is 3.23. The van der Waals surface area contributed by atoms with Crippen LogP contribution in [-0.4, -0.2) is 83.4 Å². The minimum Gasteiger partial charge on any atom is -0.378 e. The lowest BCUT2D eigenvalue weighted by molar-refractivity contribution is -0.116. The molecular formula is C25H30FN7O2. The number of morpholine rings is 1. The molecule has 9 nitrogen and oxygen atoms in total. The van der Waals surface area contributed by atoms with E-state index in [0.717, 1.165) is 47.6 Å². The number of carbonyl (C=O) groups is 1. The van der Waals surface area contributed by atoms with E-state index >= 15 is 0 Å². The van der Waals surface area contributed by atoms with E-state index in [1.54, 1.807) is 23.1 Å². The Morgan fingerprint density at radius 1 is 0.971 bits per heavy atom. The molecular weight excluding hydrogens is 449 g/mol. The molecule has 1 aromatic carbocycles. The Labute approximate surface area is 204 Å². The van der Waals surface area contributed by atoms with Crippen LogP contribution in [-0.2, 0) is 9.53 Å². The summed E-state index contributed by atoms with van der Waals surface area (Å²) in [7, 11) is 0. The molecule has 5 rings (SSSR count). The van der Waals surface area contributed by atoms with Gasteiger partial charge in [-0.3, -0.25) is 9.69 Å². The van der Waals surface area contributed by atoms with Crippen molar-refractivity contribution in [2.45, 2.75) is 20.0 Å². The van der Waals surface area contributed by atoms with Crippen molar-refractivity contribution < 1.29 is 13.9 Å². The first-order valence-electron chi connectivity index (χ1n) is 11.9. The van der Waals surface area contributed by atoms with Gasteiger partial charge in [-0.1, -0.05) is 0 Å². The maximum Gasteiger partial charge on any atom is 0.225 e. The molecule has 2 aromatic heterocycles. The van der Waals surface area contributed by atoms with Crippen molar-refractivity contribution in [3.05, 3.63) is 53.9 Å². The van der Waals surface area contributed by atoms with Crippen LogP contribution < -0.4 is 9.80 Å². The quantitative estimate of drug-likeness (QED) is 0.499. The molecule has 0 spiro atoms. The van der Waals surface area contributed by atoms with E-state index in [2.05, 4.69) is 29.8 Å². The van der Waals surface area contributed by atoms with Crippen molar-refractivity contribution >= 4 is 17.9 Å². The van der Waals surface area contributed by atoms with E-state index in [9.17, 15) is 9.18 Å². The molecule has 0 saturated carbocycles. The van der Waals surface area contributed by atoms with Gasteiger partial charge in [-0.25, -0.2) is 19.0 Å². The van der Waals surface area contributed by atoms with Crippen LogP contribution in [0.1, 0.15) is 17.6 Å². The fraction of sp³-hybridized carbons (Fsp3) is 0.440. The van der Waals surface area contributed by atoms with Gasteiger partial charge < -0.3 is 14.5 Å². The third-order valence-electron chi connectivity index (χ3n) is 6.65. The Morgan fingerprint density at radius 3 is 2.31 bits per heavy atom. The number of aldehydes is 1. The van der Waals surface area contributed by atoms with Gasteiger partial charge in [-0.15, -0.1) is 0 Å². The predicted molar refractivity (Wildman–Crippen MR) is 131 cm³/mol. The van der Waals surface area contributed by atoms with E-state index in [0.29, 0.717) is 45.3 Å². The SMILES string of the molecule is Cc1cc(C)n(C(C=O)N2CCN(c3ccc(F)cc3-c3cnc(N4CCOCC4)nc3)CC2)n1. The summed E-state index contributed by atoms with van der Waals surface area (Å²) in [6.07, 6.45) is 4.04. The van der Waals surface area contributed by atoms with Crippen molar-refractivity contribution in [1.82, 2.24) is 24.6 Å². The normalized spacial score (nSPS) is 18.0. The Morgan fingerprint density at radius 2 is 1.69 bits per heavy atom. The van der Waals surface area contributed by atoms with Crippen LogP contribution in [0, 0.1) is 19.7 Å². The molecule has 0 N–H and O–H groups in total. The number of aryl methyl sites for hydroxylation is 2. The molecule has 35 heavy (non-hydrogen) atoms. The van der Waals surface area contributed by atoms with Gasteiger partial charge in [0.1, 0.15) is 5.82 Å². The van der Waals surface area contributed by atoms with Gasteiger partial charge in [0.15, 0.2) is 12.5 Å². The number of halogens is 1. The molecule has 4 heterocycles. The monoisotopic (exact) mass is 479 g/mol. The second-order valence-corrected chi connectivity index (χ2v) is 8.98. The molecule has 2 aliphatic heterocycles. The predicted octanol–water partition coefficient (Wildman–Crippen LogP) is 2.45.